The Bertz CT molecular complexity index is 626. The lowest BCUT2D eigenvalue weighted by Gasteiger charge is -2.14. The van der Waals surface area contributed by atoms with Crippen molar-refractivity contribution >= 4 is 15.9 Å². The summed E-state index contributed by atoms with van der Waals surface area (Å²) < 4.78 is 27.8. The molecule has 0 fully saturated rings. The molecule has 2 nitrogen and oxygen atoms in total. The molecule has 5 heteroatoms. The first kappa shape index (κ1) is 15.1. The smallest absolute Gasteiger partial charge is 0.143 e. The normalized spacial score (nSPS) is 12.5. The van der Waals surface area contributed by atoms with Crippen molar-refractivity contribution in [2.45, 2.75) is 26.4 Å². The Hall–Kier alpha value is -1.33. The van der Waals surface area contributed by atoms with E-state index in [4.69, 9.17) is 0 Å². The summed E-state index contributed by atoms with van der Waals surface area (Å²) in [5, 5.41) is 10.2. The predicted molar refractivity (Wildman–Crippen MR) is 76.4 cm³/mol. The largest absolute Gasteiger partial charge is 0.388 e. The van der Waals surface area contributed by atoms with Gasteiger partial charge in [-0.2, -0.15) is 0 Å². The van der Waals surface area contributed by atoms with Crippen LogP contribution in [0.2, 0.25) is 0 Å². The van der Waals surface area contributed by atoms with Crippen molar-refractivity contribution < 1.29 is 13.9 Å². The highest BCUT2D eigenvalue weighted by molar-refractivity contribution is 9.10. The fourth-order valence-electron chi connectivity index (χ4n) is 2.13. The maximum atomic E-state index is 13.9. The molecule has 0 amide bonds. The van der Waals surface area contributed by atoms with E-state index in [1.54, 1.807) is 12.1 Å². The Labute approximate surface area is 124 Å². The predicted octanol–water partition coefficient (Wildman–Crippen LogP) is 4.02. The summed E-state index contributed by atoms with van der Waals surface area (Å²) in [7, 11) is 0. The summed E-state index contributed by atoms with van der Waals surface area (Å²) >= 11 is 3.02. The average molecular weight is 342 g/mol. The standard InChI is InChI=1S/C15H14BrF2NO/c1-8-5-10(6-9(2)19-8)14(20)7-11-13(17)4-3-12(16)15(11)18/h3-6,14,20H,7H2,1-2H3. The highest BCUT2D eigenvalue weighted by Gasteiger charge is 2.18. The topological polar surface area (TPSA) is 33.1 Å². The van der Waals surface area contributed by atoms with E-state index >= 15 is 0 Å². The van der Waals surface area contributed by atoms with E-state index in [2.05, 4.69) is 20.9 Å². The van der Waals surface area contributed by atoms with Gasteiger partial charge < -0.3 is 5.11 Å². The molecule has 1 aromatic carbocycles. The number of aromatic nitrogens is 1. The quantitative estimate of drug-likeness (QED) is 0.855. The first-order chi connectivity index (χ1) is 9.38. The molecule has 1 aromatic heterocycles. The van der Waals surface area contributed by atoms with Crippen LogP contribution in [0, 0.1) is 25.5 Å². The van der Waals surface area contributed by atoms with Crippen LogP contribution in [-0.4, -0.2) is 10.1 Å². The second-order valence-corrected chi connectivity index (χ2v) is 5.58. The molecule has 2 rings (SSSR count). The molecule has 1 heterocycles. The second kappa shape index (κ2) is 5.97. The molecule has 1 atom stereocenters. The molecule has 0 saturated carbocycles. The van der Waals surface area contributed by atoms with Gasteiger partial charge in [-0.3, -0.25) is 4.98 Å². The van der Waals surface area contributed by atoms with Gasteiger partial charge in [0.1, 0.15) is 11.6 Å². The molecule has 1 N–H and O–H groups in total. The highest BCUT2D eigenvalue weighted by atomic mass is 79.9. The van der Waals surface area contributed by atoms with Crippen molar-refractivity contribution in [1.82, 2.24) is 4.98 Å². The monoisotopic (exact) mass is 341 g/mol. The van der Waals surface area contributed by atoms with Crippen LogP contribution in [0.4, 0.5) is 8.78 Å². The van der Waals surface area contributed by atoms with E-state index in [0.29, 0.717) is 5.56 Å². The zero-order chi connectivity index (χ0) is 14.9. The maximum absolute atomic E-state index is 13.9. The summed E-state index contributed by atoms with van der Waals surface area (Å²) in [6.45, 7) is 3.62. The first-order valence-electron chi connectivity index (χ1n) is 6.14. The number of benzene rings is 1. The van der Waals surface area contributed by atoms with E-state index in [9.17, 15) is 13.9 Å². The third-order valence-electron chi connectivity index (χ3n) is 3.02. The fraction of sp³-hybridized carbons (Fsp3) is 0.267. The Kier molecular flexibility index (Phi) is 4.50. The number of aliphatic hydroxyl groups is 1. The summed E-state index contributed by atoms with van der Waals surface area (Å²) in [5.41, 5.74) is 2.00. The Morgan fingerprint density at radius 2 is 1.80 bits per heavy atom. The van der Waals surface area contributed by atoms with Crippen LogP contribution in [0.3, 0.4) is 0 Å². The number of pyridine rings is 1. The van der Waals surface area contributed by atoms with Crippen molar-refractivity contribution in [3.05, 3.63) is 62.9 Å². The van der Waals surface area contributed by atoms with Crippen molar-refractivity contribution in [2.75, 3.05) is 0 Å². The number of hydrogen-bond acceptors (Lipinski definition) is 2. The van der Waals surface area contributed by atoms with Gasteiger partial charge in [0.2, 0.25) is 0 Å². The maximum Gasteiger partial charge on any atom is 0.143 e. The molecular weight excluding hydrogens is 328 g/mol. The lowest BCUT2D eigenvalue weighted by molar-refractivity contribution is 0.175. The van der Waals surface area contributed by atoms with Gasteiger partial charge >= 0.3 is 0 Å². The van der Waals surface area contributed by atoms with Gasteiger partial charge in [0.25, 0.3) is 0 Å². The van der Waals surface area contributed by atoms with Crippen molar-refractivity contribution in [1.29, 1.82) is 0 Å². The molecule has 0 saturated heterocycles. The van der Waals surface area contributed by atoms with Crippen LogP contribution in [0.15, 0.2) is 28.7 Å². The highest BCUT2D eigenvalue weighted by Crippen LogP contribution is 2.27. The van der Waals surface area contributed by atoms with E-state index in [-0.39, 0.29) is 16.5 Å². The third kappa shape index (κ3) is 3.22. The number of hydrogen-bond donors (Lipinski definition) is 1. The Morgan fingerprint density at radius 3 is 2.40 bits per heavy atom. The minimum Gasteiger partial charge on any atom is -0.388 e. The summed E-state index contributed by atoms with van der Waals surface area (Å²) in [6, 6.07) is 5.91. The Morgan fingerprint density at radius 1 is 1.20 bits per heavy atom. The van der Waals surface area contributed by atoms with E-state index in [1.807, 2.05) is 13.8 Å². The molecule has 106 valence electrons. The number of nitrogens with zero attached hydrogens (tertiary/aromatic N) is 1. The minimum atomic E-state index is -0.978. The zero-order valence-electron chi connectivity index (χ0n) is 11.1. The van der Waals surface area contributed by atoms with Gasteiger partial charge in [0, 0.05) is 23.4 Å². The van der Waals surface area contributed by atoms with Gasteiger partial charge in [-0.05, 0) is 59.6 Å². The van der Waals surface area contributed by atoms with Crippen molar-refractivity contribution in [3.8, 4) is 0 Å². The van der Waals surface area contributed by atoms with Crippen molar-refractivity contribution in [2.24, 2.45) is 0 Å². The van der Waals surface area contributed by atoms with Crippen LogP contribution in [0.25, 0.3) is 0 Å². The second-order valence-electron chi connectivity index (χ2n) is 4.72. The van der Waals surface area contributed by atoms with Gasteiger partial charge in [-0.15, -0.1) is 0 Å². The van der Waals surface area contributed by atoms with Crippen LogP contribution in [0.1, 0.15) is 28.6 Å². The molecule has 0 bridgehead atoms. The molecule has 1 unspecified atom stereocenters. The molecule has 0 aliphatic heterocycles. The van der Waals surface area contributed by atoms with E-state index in [1.165, 1.54) is 12.1 Å². The third-order valence-corrected chi connectivity index (χ3v) is 3.64. The molecule has 0 aliphatic rings. The van der Waals surface area contributed by atoms with Crippen LogP contribution in [-0.2, 0) is 6.42 Å². The number of rotatable bonds is 3. The summed E-state index contributed by atoms with van der Waals surface area (Å²) in [5.74, 6) is -1.33. The number of aliphatic hydroxyl groups excluding tert-OH is 1. The molecule has 2 aromatic rings. The lowest BCUT2D eigenvalue weighted by Crippen LogP contribution is -2.07. The van der Waals surface area contributed by atoms with Gasteiger partial charge in [0.05, 0.1) is 10.6 Å². The molecule has 20 heavy (non-hydrogen) atoms. The van der Waals surface area contributed by atoms with Gasteiger partial charge in [-0.25, -0.2) is 8.78 Å². The van der Waals surface area contributed by atoms with Crippen molar-refractivity contribution in [3.63, 3.8) is 0 Å². The first-order valence-corrected chi connectivity index (χ1v) is 6.93. The van der Waals surface area contributed by atoms with Crippen LogP contribution < -0.4 is 0 Å². The number of halogens is 3. The summed E-state index contributed by atoms with van der Waals surface area (Å²) in [6.07, 6.45) is -1.10. The van der Waals surface area contributed by atoms with E-state index in [0.717, 1.165) is 11.4 Å². The van der Waals surface area contributed by atoms with Crippen LogP contribution in [0.5, 0.6) is 0 Å². The zero-order valence-corrected chi connectivity index (χ0v) is 12.7. The summed E-state index contributed by atoms with van der Waals surface area (Å²) in [4.78, 5) is 4.21. The average Bonchev–Trinajstić information content (AvgIpc) is 2.38. The molecule has 0 aliphatic carbocycles. The fourth-order valence-corrected chi connectivity index (χ4v) is 2.50. The molecule has 0 radical (unpaired) electrons. The molecule has 0 spiro atoms. The van der Waals surface area contributed by atoms with Crippen LogP contribution >= 0.6 is 15.9 Å². The van der Waals surface area contributed by atoms with E-state index < -0.39 is 17.7 Å². The minimum absolute atomic E-state index is 0.125. The Balaban J connectivity index is 2.32. The van der Waals surface area contributed by atoms with Gasteiger partial charge in [-0.1, -0.05) is 0 Å². The SMILES string of the molecule is Cc1cc(C(O)Cc2c(F)ccc(Br)c2F)cc(C)n1. The number of aryl methyl sites for hydroxylation is 2. The molecular formula is C15H14BrF2NO. The van der Waals surface area contributed by atoms with Gasteiger partial charge in [0.15, 0.2) is 0 Å². The lowest BCUT2D eigenvalue weighted by atomic mass is 10.00.